The van der Waals surface area contributed by atoms with Gasteiger partial charge in [-0.3, -0.25) is 4.79 Å². The molecule has 0 saturated carbocycles. The lowest BCUT2D eigenvalue weighted by molar-refractivity contribution is -0.145. The van der Waals surface area contributed by atoms with Gasteiger partial charge in [-0.05, 0) is 12.8 Å². The number of hydrogen-bond donors (Lipinski definition) is 0. The second kappa shape index (κ2) is 47.2. The van der Waals surface area contributed by atoms with E-state index < -0.39 is 0 Å². The van der Waals surface area contributed by atoms with E-state index in [2.05, 4.69) is 13.8 Å². The van der Waals surface area contributed by atoms with E-state index in [9.17, 15) is 4.79 Å². The summed E-state index contributed by atoms with van der Waals surface area (Å²) >= 11 is 0. The van der Waals surface area contributed by atoms with Crippen LogP contribution in [0.4, 0.5) is 0 Å². The minimum atomic E-state index is -0.127. The SMILES string of the molecule is CCCCCCCCCCCCCCCCOCCOCCOCCOCCOCCOCCOCCOC(=O)CCCCCCCCCCC. The fourth-order valence-electron chi connectivity index (χ4n) is 5.69. The molecule has 0 unspecified atom stereocenters. The molecule has 9 heteroatoms. The number of unbranched alkanes of at least 4 members (excludes halogenated alkanes) is 21. The maximum Gasteiger partial charge on any atom is 0.305 e. The highest BCUT2D eigenvalue weighted by molar-refractivity contribution is 5.69. The molecule has 0 atom stereocenters. The van der Waals surface area contributed by atoms with Gasteiger partial charge < -0.3 is 37.9 Å². The van der Waals surface area contributed by atoms with Crippen LogP contribution in [0.25, 0.3) is 0 Å². The first-order valence-corrected chi connectivity index (χ1v) is 21.5. The van der Waals surface area contributed by atoms with Crippen molar-refractivity contribution in [3.8, 4) is 0 Å². The molecule has 0 bridgehead atoms. The van der Waals surface area contributed by atoms with Crippen molar-refractivity contribution in [1.82, 2.24) is 0 Å². The summed E-state index contributed by atoms with van der Waals surface area (Å²) in [4.78, 5) is 11.8. The van der Waals surface area contributed by atoms with E-state index in [1.54, 1.807) is 0 Å². The molecule has 0 aromatic rings. The van der Waals surface area contributed by atoms with Gasteiger partial charge in [0.25, 0.3) is 0 Å². The highest BCUT2D eigenvalue weighted by atomic mass is 16.6. The van der Waals surface area contributed by atoms with E-state index in [0.717, 1.165) is 25.9 Å². The molecule has 9 nitrogen and oxygen atoms in total. The van der Waals surface area contributed by atoms with Gasteiger partial charge in [0, 0.05) is 13.0 Å². The van der Waals surface area contributed by atoms with Crippen molar-refractivity contribution in [2.45, 2.75) is 168 Å². The molecule has 0 aromatic heterocycles. The van der Waals surface area contributed by atoms with Gasteiger partial charge in [-0.25, -0.2) is 0 Å². The summed E-state index contributed by atoms with van der Waals surface area (Å²) in [5, 5.41) is 0. The molecule has 0 amide bonds. The molecule has 0 saturated heterocycles. The molecule has 0 spiro atoms. The molecule has 306 valence electrons. The van der Waals surface area contributed by atoms with Crippen LogP contribution in [0.15, 0.2) is 0 Å². The zero-order chi connectivity index (χ0) is 36.8. The Morgan fingerprint density at radius 2 is 0.510 bits per heavy atom. The van der Waals surface area contributed by atoms with Gasteiger partial charge in [0.1, 0.15) is 6.61 Å². The first-order chi connectivity index (χ1) is 25.3. The van der Waals surface area contributed by atoms with Gasteiger partial charge in [0.15, 0.2) is 0 Å². The van der Waals surface area contributed by atoms with Crippen LogP contribution in [0.3, 0.4) is 0 Å². The van der Waals surface area contributed by atoms with Crippen molar-refractivity contribution in [3.63, 3.8) is 0 Å². The van der Waals surface area contributed by atoms with E-state index >= 15 is 0 Å². The van der Waals surface area contributed by atoms with E-state index in [1.807, 2.05) is 0 Å². The zero-order valence-electron chi connectivity index (χ0n) is 33.8. The van der Waals surface area contributed by atoms with Crippen LogP contribution < -0.4 is 0 Å². The highest BCUT2D eigenvalue weighted by Gasteiger charge is 2.03. The molecule has 0 aliphatic rings. The number of rotatable bonds is 46. The lowest BCUT2D eigenvalue weighted by atomic mass is 10.0. The minimum Gasteiger partial charge on any atom is -0.463 e. The largest absolute Gasteiger partial charge is 0.463 e. The number of hydrogen-bond acceptors (Lipinski definition) is 9. The molecule has 0 aliphatic heterocycles. The van der Waals surface area contributed by atoms with Gasteiger partial charge in [0.05, 0.1) is 85.9 Å². The van der Waals surface area contributed by atoms with Crippen LogP contribution in [0.2, 0.25) is 0 Å². The summed E-state index contributed by atoms with van der Waals surface area (Å²) in [5.41, 5.74) is 0. The van der Waals surface area contributed by atoms with Crippen molar-refractivity contribution in [2.24, 2.45) is 0 Å². The van der Waals surface area contributed by atoms with Gasteiger partial charge in [-0.2, -0.15) is 0 Å². The van der Waals surface area contributed by atoms with Crippen LogP contribution in [-0.2, 0) is 42.7 Å². The lowest BCUT2D eigenvalue weighted by Crippen LogP contribution is -2.15. The van der Waals surface area contributed by atoms with Gasteiger partial charge >= 0.3 is 5.97 Å². The van der Waals surface area contributed by atoms with Crippen molar-refractivity contribution >= 4 is 5.97 Å². The summed E-state index contributed by atoms with van der Waals surface area (Å²) in [6, 6.07) is 0. The maximum absolute atomic E-state index is 11.8. The predicted molar refractivity (Wildman–Crippen MR) is 209 cm³/mol. The molecular formula is C42H84O9. The summed E-state index contributed by atoms with van der Waals surface area (Å²) in [7, 11) is 0. The van der Waals surface area contributed by atoms with Crippen molar-refractivity contribution in [2.75, 3.05) is 99.1 Å². The molecule has 0 aromatic carbocycles. The van der Waals surface area contributed by atoms with Gasteiger partial charge in [-0.1, -0.05) is 149 Å². The van der Waals surface area contributed by atoms with Crippen LogP contribution in [0.1, 0.15) is 168 Å². The smallest absolute Gasteiger partial charge is 0.305 e. The topological polar surface area (TPSA) is 90.9 Å². The highest BCUT2D eigenvalue weighted by Crippen LogP contribution is 2.13. The van der Waals surface area contributed by atoms with Crippen molar-refractivity contribution < 1.29 is 42.7 Å². The maximum atomic E-state index is 11.8. The average Bonchev–Trinajstić information content (AvgIpc) is 3.14. The lowest BCUT2D eigenvalue weighted by Gasteiger charge is -2.09. The van der Waals surface area contributed by atoms with Crippen LogP contribution in [-0.4, -0.2) is 105 Å². The van der Waals surface area contributed by atoms with E-state index in [-0.39, 0.29) is 5.97 Å². The third kappa shape index (κ3) is 47.2. The molecule has 51 heavy (non-hydrogen) atoms. The molecule has 0 heterocycles. The summed E-state index contributed by atoms with van der Waals surface area (Å²) in [6.07, 6.45) is 30.9. The molecular weight excluding hydrogens is 648 g/mol. The number of carbonyl (C=O) groups excluding carboxylic acids is 1. The Labute approximate surface area is 315 Å². The second-order valence-electron chi connectivity index (χ2n) is 13.7. The Balaban J connectivity index is 3.10. The Morgan fingerprint density at radius 1 is 0.275 bits per heavy atom. The van der Waals surface area contributed by atoms with Gasteiger partial charge in [0.2, 0.25) is 0 Å². The van der Waals surface area contributed by atoms with E-state index in [0.29, 0.717) is 98.9 Å². The molecule has 0 N–H and O–H groups in total. The fraction of sp³-hybridized carbons (Fsp3) is 0.976. The summed E-state index contributed by atoms with van der Waals surface area (Å²) in [5.74, 6) is -0.127. The van der Waals surface area contributed by atoms with Crippen molar-refractivity contribution in [1.29, 1.82) is 0 Å². The number of esters is 1. The Kier molecular flexibility index (Phi) is 46.5. The van der Waals surface area contributed by atoms with Gasteiger partial charge in [-0.15, -0.1) is 0 Å². The average molecular weight is 733 g/mol. The van der Waals surface area contributed by atoms with Crippen LogP contribution in [0, 0.1) is 0 Å². The molecule has 0 fully saturated rings. The first kappa shape index (κ1) is 50.2. The van der Waals surface area contributed by atoms with E-state index in [1.165, 1.54) is 128 Å². The fourth-order valence-corrected chi connectivity index (χ4v) is 5.69. The normalized spacial score (nSPS) is 11.5. The summed E-state index contributed by atoms with van der Waals surface area (Å²) < 4.78 is 44.0. The molecule has 0 rings (SSSR count). The summed E-state index contributed by atoms with van der Waals surface area (Å²) in [6.45, 7) is 12.5. The first-order valence-electron chi connectivity index (χ1n) is 21.5. The Morgan fingerprint density at radius 3 is 0.824 bits per heavy atom. The number of ether oxygens (including phenoxy) is 8. The minimum absolute atomic E-state index is 0.127. The third-order valence-corrected chi connectivity index (χ3v) is 8.85. The zero-order valence-corrected chi connectivity index (χ0v) is 33.8. The monoisotopic (exact) mass is 733 g/mol. The van der Waals surface area contributed by atoms with Crippen LogP contribution in [0.5, 0.6) is 0 Å². The Bertz CT molecular complexity index is 637. The van der Waals surface area contributed by atoms with Crippen LogP contribution >= 0.6 is 0 Å². The van der Waals surface area contributed by atoms with E-state index in [4.69, 9.17) is 37.9 Å². The second-order valence-corrected chi connectivity index (χ2v) is 13.7. The Hall–Kier alpha value is -0.810. The predicted octanol–water partition coefficient (Wildman–Crippen LogP) is 10.0. The third-order valence-electron chi connectivity index (χ3n) is 8.85. The molecule has 0 radical (unpaired) electrons. The standard InChI is InChI=1S/C42H84O9/c1-3-5-7-9-11-13-14-15-16-17-19-21-23-25-27-44-28-29-45-30-31-46-32-33-47-34-35-48-36-37-49-38-39-50-40-41-51-42(43)26-24-22-20-18-12-10-8-6-4-2/h3-41H2,1-2H3. The molecule has 0 aliphatic carbocycles. The quantitative estimate of drug-likeness (QED) is 0.0448. The van der Waals surface area contributed by atoms with Crippen molar-refractivity contribution in [3.05, 3.63) is 0 Å². The number of carbonyl (C=O) groups is 1.